The van der Waals surface area contributed by atoms with Gasteiger partial charge in [-0.05, 0) is 74.6 Å². The van der Waals surface area contributed by atoms with E-state index in [4.69, 9.17) is 16.3 Å². The van der Waals surface area contributed by atoms with Crippen molar-refractivity contribution in [2.45, 2.75) is 53.6 Å². The van der Waals surface area contributed by atoms with E-state index < -0.39 is 6.04 Å². The van der Waals surface area contributed by atoms with Crippen LogP contribution in [-0.2, 0) is 16.1 Å². The second-order valence-electron chi connectivity index (χ2n) is 7.61. The Kier molecular flexibility index (Phi) is 8.72. The van der Waals surface area contributed by atoms with E-state index in [2.05, 4.69) is 11.4 Å². The van der Waals surface area contributed by atoms with Gasteiger partial charge in [0.2, 0.25) is 5.91 Å². The zero-order valence-electron chi connectivity index (χ0n) is 18.4. The minimum atomic E-state index is -0.622. The highest BCUT2D eigenvalue weighted by molar-refractivity contribution is 6.30. The number of carbonyl (C=O) groups is 2. The second-order valence-corrected chi connectivity index (χ2v) is 8.05. The highest BCUT2D eigenvalue weighted by Gasteiger charge is 2.26. The lowest BCUT2D eigenvalue weighted by Crippen LogP contribution is -2.49. The Morgan fingerprint density at radius 3 is 2.43 bits per heavy atom. The van der Waals surface area contributed by atoms with Crippen LogP contribution < -0.4 is 10.1 Å². The summed E-state index contributed by atoms with van der Waals surface area (Å²) in [7, 11) is 0. The summed E-state index contributed by atoms with van der Waals surface area (Å²) in [5.41, 5.74) is 4.09. The molecule has 0 radical (unpaired) electrons. The SMILES string of the molecule is CCCNC(=O)[C@@H](C)N(Cc1ccc(Cl)cc1)C(=O)COc1cc(C)cc(C)c1C. The van der Waals surface area contributed by atoms with Gasteiger partial charge in [0.25, 0.3) is 5.91 Å². The average molecular weight is 431 g/mol. The van der Waals surface area contributed by atoms with E-state index in [1.165, 1.54) is 0 Å². The van der Waals surface area contributed by atoms with E-state index in [0.29, 0.717) is 23.9 Å². The number of halogens is 1. The Morgan fingerprint density at radius 1 is 1.13 bits per heavy atom. The predicted octanol–water partition coefficient (Wildman–Crippen LogP) is 4.59. The lowest BCUT2D eigenvalue weighted by Gasteiger charge is -2.29. The minimum Gasteiger partial charge on any atom is -0.483 e. The fraction of sp³-hybridized carbons (Fsp3) is 0.417. The van der Waals surface area contributed by atoms with Crippen LogP contribution in [0.15, 0.2) is 36.4 Å². The van der Waals surface area contributed by atoms with E-state index in [1.807, 2.05) is 45.9 Å². The molecule has 1 N–H and O–H groups in total. The van der Waals surface area contributed by atoms with E-state index in [1.54, 1.807) is 24.0 Å². The molecule has 0 aliphatic heterocycles. The molecule has 0 saturated heterocycles. The summed E-state index contributed by atoms with van der Waals surface area (Å²) in [5, 5.41) is 3.49. The molecule has 0 aromatic heterocycles. The molecule has 0 bridgehead atoms. The number of hydrogen-bond acceptors (Lipinski definition) is 3. The molecule has 0 heterocycles. The molecule has 30 heavy (non-hydrogen) atoms. The largest absolute Gasteiger partial charge is 0.483 e. The van der Waals surface area contributed by atoms with Crippen molar-refractivity contribution >= 4 is 23.4 Å². The molecular weight excluding hydrogens is 400 g/mol. The van der Waals surface area contributed by atoms with Gasteiger partial charge in [-0.25, -0.2) is 0 Å². The fourth-order valence-electron chi connectivity index (χ4n) is 3.14. The van der Waals surface area contributed by atoms with Crippen LogP contribution in [0.4, 0.5) is 0 Å². The van der Waals surface area contributed by atoms with Gasteiger partial charge in [0.05, 0.1) is 0 Å². The van der Waals surface area contributed by atoms with Crippen molar-refractivity contribution < 1.29 is 14.3 Å². The smallest absolute Gasteiger partial charge is 0.261 e. The van der Waals surface area contributed by atoms with Crippen LogP contribution in [-0.4, -0.2) is 35.9 Å². The lowest BCUT2D eigenvalue weighted by molar-refractivity contribution is -0.142. The predicted molar refractivity (Wildman–Crippen MR) is 121 cm³/mol. The van der Waals surface area contributed by atoms with Crippen LogP contribution >= 0.6 is 11.6 Å². The van der Waals surface area contributed by atoms with Gasteiger partial charge in [-0.15, -0.1) is 0 Å². The molecule has 6 heteroatoms. The summed E-state index contributed by atoms with van der Waals surface area (Å²) in [6.07, 6.45) is 0.832. The summed E-state index contributed by atoms with van der Waals surface area (Å²) in [4.78, 5) is 27.2. The van der Waals surface area contributed by atoms with Crippen LogP contribution in [0, 0.1) is 20.8 Å². The number of nitrogens with zero attached hydrogens (tertiary/aromatic N) is 1. The van der Waals surface area contributed by atoms with Gasteiger partial charge in [-0.3, -0.25) is 9.59 Å². The number of benzene rings is 2. The Bertz CT molecular complexity index is 881. The maximum absolute atomic E-state index is 13.1. The van der Waals surface area contributed by atoms with Gasteiger partial charge in [0.1, 0.15) is 11.8 Å². The van der Waals surface area contributed by atoms with Gasteiger partial charge in [-0.1, -0.05) is 36.7 Å². The maximum Gasteiger partial charge on any atom is 0.261 e. The maximum atomic E-state index is 13.1. The van der Waals surface area contributed by atoms with E-state index in [9.17, 15) is 9.59 Å². The molecule has 0 spiro atoms. The molecule has 2 rings (SSSR count). The first kappa shape index (κ1) is 23.7. The average Bonchev–Trinajstić information content (AvgIpc) is 2.72. The van der Waals surface area contributed by atoms with Crippen molar-refractivity contribution in [1.82, 2.24) is 10.2 Å². The molecular formula is C24H31ClN2O3. The molecule has 5 nitrogen and oxygen atoms in total. The molecule has 1 atom stereocenters. The number of carbonyl (C=O) groups excluding carboxylic acids is 2. The zero-order valence-corrected chi connectivity index (χ0v) is 19.2. The Balaban J connectivity index is 2.18. The Morgan fingerprint density at radius 2 is 1.80 bits per heavy atom. The van der Waals surface area contributed by atoms with Crippen LogP contribution in [0.1, 0.15) is 42.5 Å². The number of ether oxygens (including phenoxy) is 1. The molecule has 2 aromatic rings. The molecule has 0 aliphatic rings. The monoisotopic (exact) mass is 430 g/mol. The van der Waals surface area contributed by atoms with Crippen LogP contribution in [0.5, 0.6) is 5.75 Å². The third-order valence-corrected chi connectivity index (χ3v) is 5.35. The molecule has 0 fully saturated rings. The summed E-state index contributed by atoms with van der Waals surface area (Å²) < 4.78 is 5.87. The van der Waals surface area contributed by atoms with Crippen LogP contribution in [0.3, 0.4) is 0 Å². The normalized spacial score (nSPS) is 11.7. The van der Waals surface area contributed by atoms with Crippen LogP contribution in [0.2, 0.25) is 5.02 Å². The minimum absolute atomic E-state index is 0.136. The highest BCUT2D eigenvalue weighted by Crippen LogP contribution is 2.23. The third kappa shape index (κ3) is 6.49. The van der Waals surface area contributed by atoms with Crippen molar-refractivity contribution in [2.75, 3.05) is 13.2 Å². The molecule has 0 aliphatic carbocycles. The summed E-state index contributed by atoms with van der Waals surface area (Å²) in [6, 6.07) is 10.6. The van der Waals surface area contributed by atoms with Crippen molar-refractivity contribution in [2.24, 2.45) is 0 Å². The van der Waals surface area contributed by atoms with Gasteiger partial charge < -0.3 is 15.0 Å². The lowest BCUT2D eigenvalue weighted by atomic mass is 10.1. The standard InChI is InChI=1S/C24H31ClN2O3/c1-6-11-26-24(29)19(5)27(14-20-7-9-21(25)10-8-20)23(28)15-30-22-13-16(2)12-17(3)18(22)4/h7-10,12-13,19H,6,11,14-15H2,1-5H3,(H,26,29)/t19-/m1/s1. The first-order chi connectivity index (χ1) is 14.2. The molecule has 2 aromatic carbocycles. The molecule has 2 amide bonds. The quantitative estimate of drug-likeness (QED) is 0.633. The summed E-state index contributed by atoms with van der Waals surface area (Å²) in [6.45, 7) is 10.4. The molecule has 0 unspecified atom stereocenters. The zero-order chi connectivity index (χ0) is 22.3. The number of aryl methyl sites for hydroxylation is 2. The number of amides is 2. The van der Waals surface area contributed by atoms with Gasteiger partial charge in [-0.2, -0.15) is 0 Å². The van der Waals surface area contributed by atoms with E-state index in [-0.39, 0.29) is 18.4 Å². The second kappa shape index (κ2) is 11.0. The number of rotatable bonds is 9. The summed E-state index contributed by atoms with van der Waals surface area (Å²) in [5.74, 6) is 0.264. The van der Waals surface area contributed by atoms with Crippen molar-refractivity contribution in [1.29, 1.82) is 0 Å². The first-order valence-corrected chi connectivity index (χ1v) is 10.6. The van der Waals surface area contributed by atoms with Crippen molar-refractivity contribution in [3.63, 3.8) is 0 Å². The molecule has 162 valence electrons. The van der Waals surface area contributed by atoms with Gasteiger partial charge in [0, 0.05) is 18.1 Å². The van der Waals surface area contributed by atoms with E-state index in [0.717, 1.165) is 28.7 Å². The van der Waals surface area contributed by atoms with E-state index >= 15 is 0 Å². The first-order valence-electron chi connectivity index (χ1n) is 10.2. The third-order valence-electron chi connectivity index (χ3n) is 5.10. The number of hydrogen-bond donors (Lipinski definition) is 1. The van der Waals surface area contributed by atoms with Crippen LogP contribution in [0.25, 0.3) is 0 Å². The van der Waals surface area contributed by atoms with Crippen molar-refractivity contribution in [3.05, 3.63) is 63.7 Å². The van der Waals surface area contributed by atoms with Gasteiger partial charge in [0.15, 0.2) is 6.61 Å². The Labute approximate surface area is 184 Å². The summed E-state index contributed by atoms with van der Waals surface area (Å²) >= 11 is 5.97. The Hall–Kier alpha value is -2.53. The topological polar surface area (TPSA) is 58.6 Å². The number of nitrogens with one attached hydrogen (secondary N) is 1. The van der Waals surface area contributed by atoms with Gasteiger partial charge >= 0.3 is 0 Å². The fourth-order valence-corrected chi connectivity index (χ4v) is 3.26. The molecule has 0 saturated carbocycles. The highest BCUT2D eigenvalue weighted by atomic mass is 35.5. The van der Waals surface area contributed by atoms with Crippen molar-refractivity contribution in [3.8, 4) is 5.75 Å².